The first kappa shape index (κ1) is 39.7. The van der Waals surface area contributed by atoms with Crippen LogP contribution in [0.3, 0.4) is 0 Å². The van der Waals surface area contributed by atoms with Crippen molar-refractivity contribution in [2.24, 2.45) is 0 Å². The molecule has 0 atom stereocenters. The monoisotopic (exact) mass is 1490 g/mol. The van der Waals surface area contributed by atoms with E-state index >= 15 is 0 Å². The molecule has 1 aromatic heterocycles. The van der Waals surface area contributed by atoms with Crippen molar-refractivity contribution in [2.75, 3.05) is 76.9 Å². The molecule has 0 saturated carbocycles. The van der Waals surface area contributed by atoms with Gasteiger partial charge in [0.05, 0.1) is 0 Å². The van der Waals surface area contributed by atoms with Crippen LogP contribution >= 0.6 is 0 Å². The summed E-state index contributed by atoms with van der Waals surface area (Å²) < 4.78 is 112. The number of benzene rings is 10. The zero-order chi connectivity index (χ0) is 67.3. The van der Waals surface area contributed by atoms with Crippen LogP contribution < -0.4 is 49.0 Å². The van der Waals surface area contributed by atoms with E-state index < -0.39 is 63.2 Å². The molecule has 7 heterocycles. The van der Waals surface area contributed by atoms with Crippen LogP contribution in [0.5, 0.6) is 0 Å². The fourth-order valence-electron chi connectivity index (χ4n) is 12.2. The van der Waals surface area contributed by atoms with Crippen molar-refractivity contribution in [1.29, 1.82) is 0 Å². The summed E-state index contributed by atoms with van der Waals surface area (Å²) in [4.78, 5) is 23.3. The maximum absolute atomic E-state index is 9.25. The van der Waals surface area contributed by atoms with Crippen LogP contribution in [0, 0.1) is 0 Å². The Labute approximate surface area is 532 Å². The summed E-state index contributed by atoms with van der Waals surface area (Å²) in [7, 11) is 0. The van der Waals surface area contributed by atoms with Crippen molar-refractivity contribution in [1.82, 2.24) is 4.98 Å². The van der Waals surface area contributed by atoms with Crippen molar-refractivity contribution >= 4 is 119 Å². The molecule has 0 amide bonds. The first-order valence-corrected chi connectivity index (χ1v) is 32.3. The minimum atomic E-state index is -2.70. The molecule has 11 aromatic rings. The van der Waals surface area contributed by atoms with E-state index in [4.69, 9.17) is 4.98 Å². The number of para-hydroxylation sites is 8. The summed E-state index contributed by atoms with van der Waals surface area (Å²) in [6.45, 7) is -10.8. The molecule has 422 valence electrons. The second kappa shape index (κ2) is 19.9. The van der Waals surface area contributed by atoms with Crippen LogP contribution in [0.25, 0.3) is 22.3 Å². The molecule has 13 heteroatoms. The van der Waals surface area contributed by atoms with Crippen molar-refractivity contribution in [3.63, 3.8) is 0 Å². The molecular weight excluding hydrogens is 1420 g/mol. The van der Waals surface area contributed by atoms with E-state index in [0.29, 0.717) is 119 Å². The first-order valence-electron chi connectivity index (χ1n) is 33.8. The van der Waals surface area contributed by atoms with Crippen LogP contribution in [0.15, 0.2) is 261 Å². The molecule has 0 radical (unpaired) electrons. The SMILES string of the molecule is [2H]C([2H])([2H])N1[C]2=[Pt]=[C]3N(c4cc(-c5ccccc5)cc(c4)N(c4ccc(N5c6cccc(c6)N6[C](=[Pt]=[C]7N(c8cc(-c9ccccc9)cc5c8)c5ccccc5N7C([2H])([2H])[2H])N(C([2H])([2H])[2H])c5ccccc56)nc4)c4cccc(c4)N2c2ccccc21)c1ccccc1N3C([2H])([2H])[2H]. The van der Waals surface area contributed by atoms with Crippen molar-refractivity contribution in [3.05, 3.63) is 261 Å². The van der Waals surface area contributed by atoms with Crippen LogP contribution in [-0.2, 0) is 35.3 Å². The van der Waals surface area contributed by atoms with E-state index in [2.05, 4.69) is 40.1 Å². The number of pyridine rings is 1. The van der Waals surface area contributed by atoms with Crippen molar-refractivity contribution in [2.45, 2.75) is 0 Å². The number of anilines is 18. The molecule has 0 unspecified atom stereocenters. The Kier molecular flexibility index (Phi) is 9.19. The van der Waals surface area contributed by atoms with Crippen LogP contribution in [-0.4, -0.2) is 49.5 Å². The Morgan fingerprint density at radius 1 is 0.256 bits per heavy atom. The summed E-state index contributed by atoms with van der Waals surface area (Å²) in [5, 5.41) is 0. The second-order valence-electron chi connectivity index (χ2n) is 21.1. The molecule has 11 nitrogen and oxygen atoms in total. The summed E-state index contributed by atoms with van der Waals surface area (Å²) >= 11 is -3.46. The van der Waals surface area contributed by atoms with Crippen molar-refractivity contribution < 1.29 is 51.7 Å². The van der Waals surface area contributed by atoms with Gasteiger partial charge in [-0.15, -0.1) is 0 Å². The molecule has 0 spiro atoms. The van der Waals surface area contributed by atoms with E-state index in [-0.39, 0.29) is 0 Å². The topological polar surface area (TPSA) is 45.3 Å². The van der Waals surface area contributed by atoms with Gasteiger partial charge in [0.2, 0.25) is 0 Å². The molecule has 0 aliphatic carbocycles. The molecule has 0 N–H and O–H groups in total. The Bertz CT molecular complexity index is 4920. The summed E-state index contributed by atoms with van der Waals surface area (Å²) in [5.74, 6) is 0.498. The standard InChI is InChI=1S/C73H55N11.2Pt/c1-75-48-79(69-33-15-11-29-65(69)75)56-25-19-27-58(43-56)83(63-41-54(52-21-7-5-8-22-52)39-61(45-63)81-50-77(3)67-31-13-17-35-71(67)81)60-37-38-73(74-47-60)84(59-28-20-26-57(44-59)80-49-76(2)66-30-12-16-34-70(66)80)64-42-55(53-23-9-6-10-24-53)40-62(46-64)82-51-78(4)68-32-14-18-36-72(68)82;;/h5-47H,1-4H3;;/i1D3,2D3,3D3,4D3;;. The van der Waals surface area contributed by atoms with E-state index in [0.717, 1.165) is 22.3 Å². The number of fused-ring (bicyclic) bond motifs is 24. The molecule has 6 aliphatic rings. The van der Waals surface area contributed by atoms with E-state index in [1.54, 1.807) is 24.3 Å². The van der Waals surface area contributed by atoms with Gasteiger partial charge < -0.3 is 0 Å². The van der Waals surface area contributed by atoms with Crippen LogP contribution in [0.4, 0.5) is 103 Å². The zero-order valence-corrected chi connectivity index (χ0v) is 49.9. The molecule has 8 bridgehead atoms. The summed E-state index contributed by atoms with van der Waals surface area (Å²) in [5.41, 5.74) is 13.8. The van der Waals surface area contributed by atoms with Gasteiger partial charge in [-0.1, -0.05) is 0 Å². The van der Waals surface area contributed by atoms with E-state index in [1.165, 1.54) is 19.6 Å². The van der Waals surface area contributed by atoms with Gasteiger partial charge >= 0.3 is 536 Å². The quantitative estimate of drug-likeness (QED) is 0.169. The number of hydrogen-bond donors (Lipinski definition) is 0. The fourth-order valence-corrected chi connectivity index (χ4v) is 18.5. The van der Waals surface area contributed by atoms with Gasteiger partial charge in [-0.05, 0) is 0 Å². The predicted molar refractivity (Wildman–Crippen MR) is 352 cm³/mol. The molecule has 10 aromatic carbocycles. The minimum absolute atomic E-state index is 0.432. The van der Waals surface area contributed by atoms with Crippen molar-refractivity contribution in [3.8, 4) is 22.3 Å². The molecule has 86 heavy (non-hydrogen) atoms. The number of aromatic nitrogens is 1. The molecule has 6 aliphatic heterocycles. The Balaban J connectivity index is 0.915. The Morgan fingerprint density at radius 2 is 0.570 bits per heavy atom. The Morgan fingerprint density at radius 3 is 0.942 bits per heavy atom. The van der Waals surface area contributed by atoms with Crippen LogP contribution in [0.1, 0.15) is 16.4 Å². The average molecular weight is 1490 g/mol. The molecule has 17 rings (SSSR count). The third-order valence-electron chi connectivity index (χ3n) is 16.1. The van der Waals surface area contributed by atoms with Gasteiger partial charge in [0, 0.05) is 0 Å². The normalized spacial score (nSPS) is 18.1. The first-order chi connectivity index (χ1) is 47.2. The maximum atomic E-state index is 9.25. The zero-order valence-electron chi connectivity index (χ0n) is 57.4. The predicted octanol–water partition coefficient (Wildman–Crippen LogP) is 16.2. The van der Waals surface area contributed by atoms with E-state index in [9.17, 15) is 16.4 Å². The van der Waals surface area contributed by atoms with Gasteiger partial charge in [-0.2, -0.15) is 0 Å². The summed E-state index contributed by atoms with van der Waals surface area (Å²) in [6.07, 6.45) is 1.83. The second-order valence-corrected chi connectivity index (χ2v) is 26.3. The van der Waals surface area contributed by atoms with Gasteiger partial charge in [0.1, 0.15) is 0 Å². The average Bonchev–Trinajstić information content (AvgIpc) is 1.55. The van der Waals surface area contributed by atoms with Gasteiger partial charge in [0.25, 0.3) is 0 Å². The Hall–Kier alpha value is -9.79. The van der Waals surface area contributed by atoms with Gasteiger partial charge in [0.15, 0.2) is 0 Å². The number of rotatable bonds is 4. The molecular formula is C73H55N11Pt2. The van der Waals surface area contributed by atoms with Gasteiger partial charge in [-0.25, -0.2) is 0 Å². The molecule has 0 saturated heterocycles. The fraction of sp³-hybridized carbons (Fsp3) is 0.0548. The summed E-state index contributed by atoms with van der Waals surface area (Å²) in [6, 6.07) is 81.9. The van der Waals surface area contributed by atoms with Crippen LogP contribution in [0.2, 0.25) is 0 Å². The number of nitrogens with zero attached hydrogens (tertiary/aromatic N) is 11. The third kappa shape index (κ3) is 7.91. The third-order valence-corrected chi connectivity index (χ3v) is 22.2. The van der Waals surface area contributed by atoms with E-state index in [1.807, 2.05) is 226 Å². The van der Waals surface area contributed by atoms with Gasteiger partial charge in [-0.3, -0.25) is 0 Å². The number of hydrogen-bond acceptors (Lipinski definition) is 11. The molecule has 0 fully saturated rings.